The second kappa shape index (κ2) is 6.83. The van der Waals surface area contributed by atoms with E-state index in [0.29, 0.717) is 25.4 Å². The van der Waals surface area contributed by atoms with Crippen LogP contribution in [0.15, 0.2) is 18.6 Å². The van der Waals surface area contributed by atoms with E-state index in [9.17, 15) is 9.59 Å². The predicted molar refractivity (Wildman–Crippen MR) is 71.1 cm³/mol. The van der Waals surface area contributed by atoms with Crippen LogP contribution in [0, 0.1) is 0 Å². The minimum atomic E-state index is -0.439. The number of hydrogen-bond acceptors (Lipinski definition) is 5. The van der Waals surface area contributed by atoms with Gasteiger partial charge in [0.25, 0.3) is 5.91 Å². The van der Waals surface area contributed by atoms with Crippen LogP contribution < -0.4 is 5.32 Å². The Kier molecular flexibility index (Phi) is 4.86. The molecule has 2 amide bonds. The van der Waals surface area contributed by atoms with Crippen LogP contribution in [0.1, 0.15) is 30.3 Å². The third-order valence-corrected chi connectivity index (χ3v) is 3.09. The highest BCUT2D eigenvalue weighted by Crippen LogP contribution is 2.12. The lowest BCUT2D eigenvalue weighted by atomic mass is 10.1. The summed E-state index contributed by atoms with van der Waals surface area (Å²) < 4.78 is 4.85. The summed E-state index contributed by atoms with van der Waals surface area (Å²) in [6, 6.07) is -0.0802. The first-order valence-corrected chi connectivity index (χ1v) is 6.69. The Bertz CT molecular complexity index is 466. The molecular weight excluding hydrogens is 260 g/mol. The van der Waals surface area contributed by atoms with Gasteiger partial charge >= 0.3 is 6.09 Å². The molecule has 1 aliphatic heterocycles. The molecule has 108 valence electrons. The van der Waals surface area contributed by atoms with Crippen LogP contribution >= 0.6 is 0 Å². The summed E-state index contributed by atoms with van der Waals surface area (Å²) in [6.07, 6.45) is 5.70. The van der Waals surface area contributed by atoms with Crippen molar-refractivity contribution in [3.63, 3.8) is 0 Å². The second-order valence-electron chi connectivity index (χ2n) is 4.55. The van der Waals surface area contributed by atoms with Gasteiger partial charge in [-0.25, -0.2) is 9.78 Å². The van der Waals surface area contributed by atoms with Crippen molar-refractivity contribution in [3.05, 3.63) is 24.3 Å². The van der Waals surface area contributed by atoms with Crippen molar-refractivity contribution in [1.29, 1.82) is 0 Å². The first kappa shape index (κ1) is 14.2. The number of alkyl carbamates (subject to hydrolysis) is 1. The molecule has 1 fully saturated rings. The Balaban J connectivity index is 1.93. The first-order chi connectivity index (χ1) is 9.70. The SMILES string of the molecule is CCOC(=O)N[C@H]1CCCN(C(=O)c2cnccn2)C1. The molecule has 0 radical (unpaired) electrons. The molecule has 1 aromatic heterocycles. The number of rotatable bonds is 3. The monoisotopic (exact) mass is 278 g/mol. The highest BCUT2D eigenvalue weighted by Gasteiger charge is 2.26. The van der Waals surface area contributed by atoms with Gasteiger partial charge in [-0.05, 0) is 19.8 Å². The Morgan fingerprint density at radius 1 is 1.50 bits per heavy atom. The molecule has 7 nitrogen and oxygen atoms in total. The number of likely N-dealkylation sites (tertiary alicyclic amines) is 1. The standard InChI is InChI=1S/C13H18N4O3/c1-2-20-13(19)16-10-4-3-7-17(9-10)12(18)11-8-14-5-6-15-11/h5-6,8,10H,2-4,7,9H2,1H3,(H,16,19)/t10-/m0/s1. The maximum absolute atomic E-state index is 12.2. The quantitative estimate of drug-likeness (QED) is 0.885. The van der Waals surface area contributed by atoms with E-state index in [-0.39, 0.29) is 11.9 Å². The number of carbonyl (C=O) groups excluding carboxylic acids is 2. The van der Waals surface area contributed by atoms with E-state index in [4.69, 9.17) is 4.74 Å². The van der Waals surface area contributed by atoms with Crippen LogP contribution in [-0.2, 0) is 4.74 Å². The molecule has 2 heterocycles. The molecule has 1 atom stereocenters. The zero-order chi connectivity index (χ0) is 14.4. The fraction of sp³-hybridized carbons (Fsp3) is 0.538. The molecule has 0 spiro atoms. The molecule has 0 aromatic carbocycles. The van der Waals surface area contributed by atoms with Gasteiger partial charge in [-0.1, -0.05) is 0 Å². The first-order valence-electron chi connectivity index (χ1n) is 6.69. The van der Waals surface area contributed by atoms with Gasteiger partial charge in [-0.2, -0.15) is 0 Å². The van der Waals surface area contributed by atoms with Gasteiger partial charge in [-0.3, -0.25) is 9.78 Å². The van der Waals surface area contributed by atoms with Crippen LogP contribution in [0.4, 0.5) is 4.79 Å². The van der Waals surface area contributed by atoms with Crippen molar-refractivity contribution in [1.82, 2.24) is 20.2 Å². The number of nitrogens with one attached hydrogen (secondary N) is 1. The topological polar surface area (TPSA) is 84.4 Å². The van der Waals surface area contributed by atoms with Crippen molar-refractivity contribution >= 4 is 12.0 Å². The average Bonchev–Trinajstić information content (AvgIpc) is 2.48. The number of aromatic nitrogens is 2. The van der Waals surface area contributed by atoms with Crippen LogP contribution in [0.5, 0.6) is 0 Å². The third kappa shape index (κ3) is 3.66. The van der Waals surface area contributed by atoms with Gasteiger partial charge in [0.05, 0.1) is 12.8 Å². The van der Waals surface area contributed by atoms with E-state index in [1.54, 1.807) is 11.8 Å². The molecule has 0 aliphatic carbocycles. The van der Waals surface area contributed by atoms with Gasteiger partial charge in [-0.15, -0.1) is 0 Å². The molecule has 0 unspecified atom stereocenters. The molecule has 20 heavy (non-hydrogen) atoms. The Morgan fingerprint density at radius 3 is 3.05 bits per heavy atom. The summed E-state index contributed by atoms with van der Waals surface area (Å²) >= 11 is 0. The molecule has 0 saturated carbocycles. The lowest BCUT2D eigenvalue weighted by molar-refractivity contribution is 0.0680. The Hall–Kier alpha value is -2.18. The van der Waals surface area contributed by atoms with Gasteiger partial charge in [0, 0.05) is 31.5 Å². The molecule has 1 aliphatic rings. The van der Waals surface area contributed by atoms with Crippen LogP contribution in [0.25, 0.3) is 0 Å². The van der Waals surface area contributed by atoms with E-state index in [1.165, 1.54) is 18.6 Å². The summed E-state index contributed by atoms with van der Waals surface area (Å²) in [5.41, 5.74) is 0.323. The molecule has 0 bridgehead atoms. The number of carbonyl (C=O) groups is 2. The molecule has 2 rings (SSSR count). The highest BCUT2D eigenvalue weighted by atomic mass is 16.5. The fourth-order valence-corrected chi connectivity index (χ4v) is 2.19. The number of piperidine rings is 1. The summed E-state index contributed by atoms with van der Waals surface area (Å²) in [6.45, 7) is 3.22. The van der Waals surface area contributed by atoms with Crippen molar-refractivity contribution in [2.45, 2.75) is 25.8 Å². The minimum absolute atomic E-state index is 0.0802. The van der Waals surface area contributed by atoms with Crippen molar-refractivity contribution in [2.24, 2.45) is 0 Å². The van der Waals surface area contributed by atoms with Crippen LogP contribution in [-0.4, -0.2) is 52.6 Å². The third-order valence-electron chi connectivity index (χ3n) is 3.09. The van der Waals surface area contributed by atoms with Crippen LogP contribution in [0.2, 0.25) is 0 Å². The lowest BCUT2D eigenvalue weighted by Gasteiger charge is -2.32. The summed E-state index contributed by atoms with van der Waals surface area (Å²) in [5.74, 6) is -0.159. The molecular formula is C13H18N4O3. The maximum atomic E-state index is 12.2. The van der Waals surface area contributed by atoms with Crippen molar-refractivity contribution in [3.8, 4) is 0 Å². The van der Waals surface area contributed by atoms with E-state index < -0.39 is 6.09 Å². The molecule has 1 saturated heterocycles. The van der Waals surface area contributed by atoms with Crippen molar-refractivity contribution in [2.75, 3.05) is 19.7 Å². The smallest absolute Gasteiger partial charge is 0.407 e. The van der Waals surface area contributed by atoms with E-state index >= 15 is 0 Å². The van der Waals surface area contributed by atoms with Gasteiger partial charge < -0.3 is 15.0 Å². The summed E-state index contributed by atoms with van der Waals surface area (Å²) in [5, 5.41) is 2.77. The van der Waals surface area contributed by atoms with E-state index in [1.807, 2.05) is 0 Å². The highest BCUT2D eigenvalue weighted by molar-refractivity contribution is 5.92. The Morgan fingerprint density at radius 2 is 2.35 bits per heavy atom. The molecule has 1 aromatic rings. The minimum Gasteiger partial charge on any atom is -0.450 e. The number of hydrogen-bond donors (Lipinski definition) is 1. The molecule has 1 N–H and O–H groups in total. The zero-order valence-corrected chi connectivity index (χ0v) is 11.4. The van der Waals surface area contributed by atoms with Gasteiger partial charge in [0.15, 0.2) is 0 Å². The lowest BCUT2D eigenvalue weighted by Crippen LogP contribution is -2.49. The zero-order valence-electron chi connectivity index (χ0n) is 11.4. The average molecular weight is 278 g/mol. The number of nitrogens with zero attached hydrogens (tertiary/aromatic N) is 3. The summed E-state index contributed by atoms with van der Waals surface area (Å²) in [7, 11) is 0. The van der Waals surface area contributed by atoms with Gasteiger partial charge in [0.1, 0.15) is 5.69 Å². The van der Waals surface area contributed by atoms with Crippen molar-refractivity contribution < 1.29 is 14.3 Å². The maximum Gasteiger partial charge on any atom is 0.407 e. The largest absolute Gasteiger partial charge is 0.450 e. The second-order valence-corrected chi connectivity index (χ2v) is 4.55. The summed E-state index contributed by atoms with van der Waals surface area (Å²) in [4.78, 5) is 33.2. The predicted octanol–water partition coefficient (Wildman–Crippen LogP) is 0.827. The Labute approximate surface area is 117 Å². The fourth-order valence-electron chi connectivity index (χ4n) is 2.19. The number of amides is 2. The van der Waals surface area contributed by atoms with Gasteiger partial charge in [0.2, 0.25) is 0 Å². The van der Waals surface area contributed by atoms with E-state index in [2.05, 4.69) is 15.3 Å². The number of ether oxygens (including phenoxy) is 1. The van der Waals surface area contributed by atoms with E-state index in [0.717, 1.165) is 12.8 Å². The normalized spacial score (nSPS) is 18.4. The van der Waals surface area contributed by atoms with Crippen LogP contribution in [0.3, 0.4) is 0 Å². The molecule has 7 heteroatoms.